The molecule has 31 heavy (non-hydrogen) atoms. The fraction of sp³-hybridized carbons (Fsp3) is 0.625. The lowest BCUT2D eigenvalue weighted by Gasteiger charge is -2.35. The summed E-state index contributed by atoms with van der Waals surface area (Å²) < 4.78 is 16.5. The number of aliphatic imine (C=N–C) groups is 1. The van der Waals surface area contributed by atoms with E-state index >= 15 is 0 Å². The largest absolute Gasteiger partial charge is 0.493 e. The Labute approximate surface area is 186 Å². The molecule has 2 N–H and O–H groups in total. The van der Waals surface area contributed by atoms with Gasteiger partial charge in [-0.15, -0.1) is 0 Å². The fourth-order valence-corrected chi connectivity index (χ4v) is 4.29. The Morgan fingerprint density at radius 3 is 2.61 bits per heavy atom. The summed E-state index contributed by atoms with van der Waals surface area (Å²) in [4.78, 5) is 6.89. The van der Waals surface area contributed by atoms with E-state index in [9.17, 15) is 0 Å². The van der Waals surface area contributed by atoms with Gasteiger partial charge in [-0.1, -0.05) is 17.7 Å². The number of allylic oxidation sites excluding steroid dienone is 1. The number of ether oxygens (including phenoxy) is 3. The maximum absolute atomic E-state index is 5.58. The SMILES string of the molecule is CN=C(NCCC1=CCCCC1)NCC(c1ccc(OC)c(OC)c1)N1CCOCC1. The second kappa shape index (κ2) is 12.6. The van der Waals surface area contributed by atoms with Gasteiger partial charge in [0.15, 0.2) is 17.5 Å². The van der Waals surface area contributed by atoms with E-state index < -0.39 is 0 Å². The minimum Gasteiger partial charge on any atom is -0.493 e. The Kier molecular flexibility index (Phi) is 9.49. The Hall–Kier alpha value is -2.25. The highest BCUT2D eigenvalue weighted by atomic mass is 16.5. The van der Waals surface area contributed by atoms with Gasteiger partial charge in [-0.2, -0.15) is 0 Å². The van der Waals surface area contributed by atoms with Crippen LogP contribution in [0.4, 0.5) is 0 Å². The molecule has 1 fully saturated rings. The van der Waals surface area contributed by atoms with Crippen molar-refractivity contribution in [3.8, 4) is 11.5 Å². The van der Waals surface area contributed by atoms with Gasteiger partial charge in [-0.3, -0.25) is 9.89 Å². The molecular formula is C24H38N4O3. The van der Waals surface area contributed by atoms with Crippen molar-refractivity contribution in [3.05, 3.63) is 35.4 Å². The minimum atomic E-state index is 0.184. The first-order chi connectivity index (χ1) is 15.2. The summed E-state index contributed by atoms with van der Waals surface area (Å²) in [5, 5.41) is 7.01. The van der Waals surface area contributed by atoms with E-state index in [0.717, 1.165) is 63.3 Å². The standard InChI is InChI=1S/C24H38N4O3/c1-25-24(26-12-11-19-7-5-4-6-8-19)27-18-21(28-13-15-31-16-14-28)20-9-10-22(29-2)23(17-20)30-3/h7,9-10,17,21H,4-6,8,11-16,18H2,1-3H3,(H2,25,26,27). The second-order valence-electron chi connectivity index (χ2n) is 8.02. The molecule has 0 spiro atoms. The van der Waals surface area contributed by atoms with Crippen LogP contribution >= 0.6 is 0 Å². The van der Waals surface area contributed by atoms with E-state index in [2.05, 4.69) is 38.7 Å². The van der Waals surface area contributed by atoms with Gasteiger partial charge in [0.2, 0.25) is 0 Å². The molecule has 1 aromatic rings. The van der Waals surface area contributed by atoms with Gasteiger partial charge in [-0.05, 0) is 49.8 Å². The zero-order chi connectivity index (χ0) is 21.9. The predicted octanol–water partition coefficient (Wildman–Crippen LogP) is 3.13. The monoisotopic (exact) mass is 430 g/mol. The maximum Gasteiger partial charge on any atom is 0.191 e. The third-order valence-corrected chi connectivity index (χ3v) is 6.09. The lowest BCUT2D eigenvalue weighted by Crippen LogP contribution is -2.46. The summed E-state index contributed by atoms with van der Waals surface area (Å²) in [5.74, 6) is 2.34. The molecule has 1 heterocycles. The normalized spacial score (nSPS) is 18.8. The van der Waals surface area contributed by atoms with Crippen LogP contribution in [0.1, 0.15) is 43.7 Å². The van der Waals surface area contributed by atoms with E-state index in [1.54, 1.807) is 19.8 Å². The van der Waals surface area contributed by atoms with Gasteiger partial charge in [0, 0.05) is 33.2 Å². The number of guanidine groups is 1. The van der Waals surface area contributed by atoms with Crippen molar-refractivity contribution < 1.29 is 14.2 Å². The zero-order valence-electron chi connectivity index (χ0n) is 19.3. The quantitative estimate of drug-likeness (QED) is 0.356. The first-order valence-electron chi connectivity index (χ1n) is 11.4. The molecular weight excluding hydrogens is 392 g/mol. The van der Waals surface area contributed by atoms with Crippen LogP contribution in [0.2, 0.25) is 0 Å². The van der Waals surface area contributed by atoms with E-state index in [4.69, 9.17) is 14.2 Å². The highest BCUT2D eigenvalue weighted by Crippen LogP contribution is 2.32. The van der Waals surface area contributed by atoms with Crippen molar-refractivity contribution >= 4 is 5.96 Å². The van der Waals surface area contributed by atoms with Crippen LogP contribution in [0, 0.1) is 0 Å². The number of hydrogen-bond donors (Lipinski definition) is 2. The van der Waals surface area contributed by atoms with Gasteiger partial charge in [-0.25, -0.2) is 0 Å². The number of nitrogens with zero attached hydrogens (tertiary/aromatic N) is 2. The summed E-state index contributed by atoms with van der Waals surface area (Å²) in [6.07, 6.45) is 8.63. The van der Waals surface area contributed by atoms with Gasteiger partial charge in [0.1, 0.15) is 0 Å². The molecule has 1 unspecified atom stereocenters. The van der Waals surface area contributed by atoms with Gasteiger partial charge in [0.05, 0.1) is 33.5 Å². The molecule has 0 radical (unpaired) electrons. The molecule has 1 atom stereocenters. The smallest absolute Gasteiger partial charge is 0.191 e. The molecule has 2 aliphatic rings. The Bertz CT molecular complexity index is 744. The molecule has 0 amide bonds. The molecule has 0 aromatic heterocycles. The molecule has 1 aromatic carbocycles. The van der Waals surface area contributed by atoms with Crippen molar-refractivity contribution in [2.24, 2.45) is 4.99 Å². The average Bonchev–Trinajstić information content (AvgIpc) is 2.84. The van der Waals surface area contributed by atoms with E-state index in [0.29, 0.717) is 0 Å². The molecule has 1 aliphatic carbocycles. The van der Waals surface area contributed by atoms with Crippen molar-refractivity contribution in [3.63, 3.8) is 0 Å². The highest BCUT2D eigenvalue weighted by molar-refractivity contribution is 5.79. The van der Waals surface area contributed by atoms with E-state index in [-0.39, 0.29) is 6.04 Å². The summed E-state index contributed by atoms with van der Waals surface area (Å²) in [5.41, 5.74) is 2.76. The lowest BCUT2D eigenvalue weighted by atomic mass is 9.97. The highest BCUT2D eigenvalue weighted by Gasteiger charge is 2.24. The summed E-state index contributed by atoms with van der Waals surface area (Å²) in [6, 6.07) is 6.36. The molecule has 172 valence electrons. The lowest BCUT2D eigenvalue weighted by molar-refractivity contribution is 0.0169. The molecule has 1 saturated heterocycles. The van der Waals surface area contributed by atoms with Crippen LogP contribution in [0.15, 0.2) is 34.8 Å². The van der Waals surface area contributed by atoms with Crippen molar-refractivity contribution in [2.75, 3.05) is 60.7 Å². The minimum absolute atomic E-state index is 0.184. The Morgan fingerprint density at radius 2 is 1.94 bits per heavy atom. The summed E-state index contributed by atoms with van der Waals surface area (Å²) in [7, 11) is 5.17. The van der Waals surface area contributed by atoms with Crippen molar-refractivity contribution in [1.29, 1.82) is 0 Å². The van der Waals surface area contributed by atoms with Crippen LogP contribution in [-0.4, -0.2) is 71.5 Å². The van der Waals surface area contributed by atoms with Crippen molar-refractivity contribution in [1.82, 2.24) is 15.5 Å². The molecule has 7 heteroatoms. The maximum atomic E-state index is 5.58. The number of rotatable bonds is 9. The first-order valence-corrected chi connectivity index (χ1v) is 11.4. The zero-order valence-corrected chi connectivity index (χ0v) is 19.3. The fourth-order valence-electron chi connectivity index (χ4n) is 4.29. The second-order valence-corrected chi connectivity index (χ2v) is 8.02. The topological polar surface area (TPSA) is 67.4 Å². The Morgan fingerprint density at radius 1 is 1.13 bits per heavy atom. The number of benzene rings is 1. The van der Waals surface area contributed by atoms with Gasteiger partial charge >= 0.3 is 0 Å². The molecule has 1 aliphatic heterocycles. The predicted molar refractivity (Wildman–Crippen MR) is 125 cm³/mol. The van der Waals surface area contributed by atoms with E-state index in [1.165, 1.54) is 31.2 Å². The third-order valence-electron chi connectivity index (χ3n) is 6.09. The van der Waals surface area contributed by atoms with E-state index in [1.807, 2.05) is 13.1 Å². The average molecular weight is 431 g/mol. The molecule has 7 nitrogen and oxygen atoms in total. The van der Waals surface area contributed by atoms with Crippen LogP contribution in [0.5, 0.6) is 11.5 Å². The third kappa shape index (κ3) is 6.87. The number of nitrogens with one attached hydrogen (secondary N) is 2. The Balaban J connectivity index is 1.63. The first kappa shape index (κ1) is 23.4. The molecule has 0 bridgehead atoms. The van der Waals surface area contributed by atoms with Crippen molar-refractivity contribution in [2.45, 2.75) is 38.1 Å². The number of methoxy groups -OCH3 is 2. The van der Waals surface area contributed by atoms with Crippen LogP contribution in [0.25, 0.3) is 0 Å². The van der Waals surface area contributed by atoms with Crippen LogP contribution in [-0.2, 0) is 4.74 Å². The molecule has 0 saturated carbocycles. The molecule has 3 rings (SSSR count). The number of hydrogen-bond acceptors (Lipinski definition) is 5. The number of morpholine rings is 1. The van der Waals surface area contributed by atoms with Gasteiger partial charge < -0.3 is 24.8 Å². The van der Waals surface area contributed by atoms with Crippen LogP contribution < -0.4 is 20.1 Å². The summed E-state index contributed by atoms with van der Waals surface area (Å²) in [6.45, 7) is 4.97. The summed E-state index contributed by atoms with van der Waals surface area (Å²) >= 11 is 0. The van der Waals surface area contributed by atoms with Crippen LogP contribution in [0.3, 0.4) is 0 Å². The van der Waals surface area contributed by atoms with Gasteiger partial charge in [0.25, 0.3) is 0 Å².